The summed E-state index contributed by atoms with van der Waals surface area (Å²) in [5, 5.41) is 0. The lowest BCUT2D eigenvalue weighted by Gasteiger charge is -2.20. The van der Waals surface area contributed by atoms with Crippen molar-refractivity contribution in [3.8, 4) is 0 Å². The summed E-state index contributed by atoms with van der Waals surface area (Å²) in [4.78, 5) is 0. The standard InChI is InChI=1S/C13H14/c1-11-5-3-2-4-6-12-9-10-13(12)8-7-11/h2-5,7-8H,1,6,9-10H2/b4-2-,5-3-,8-7?. The maximum absolute atomic E-state index is 3.94. The van der Waals surface area contributed by atoms with Gasteiger partial charge in [0.2, 0.25) is 0 Å². The van der Waals surface area contributed by atoms with Crippen molar-refractivity contribution in [2.75, 3.05) is 0 Å². The molecule has 2 aliphatic carbocycles. The second kappa shape index (κ2) is 3.61. The maximum Gasteiger partial charge on any atom is -0.0130 e. The van der Waals surface area contributed by atoms with E-state index in [1.54, 1.807) is 5.57 Å². The first-order valence-electron chi connectivity index (χ1n) is 4.77. The summed E-state index contributed by atoms with van der Waals surface area (Å²) >= 11 is 0. The molecule has 0 fully saturated rings. The summed E-state index contributed by atoms with van der Waals surface area (Å²) in [5.74, 6) is 0. The first kappa shape index (κ1) is 8.31. The van der Waals surface area contributed by atoms with Crippen LogP contribution in [-0.2, 0) is 0 Å². The molecule has 66 valence electrons. The van der Waals surface area contributed by atoms with Crippen LogP contribution in [0, 0.1) is 0 Å². The van der Waals surface area contributed by atoms with E-state index < -0.39 is 0 Å². The number of hydrogen-bond acceptors (Lipinski definition) is 0. The smallest absolute Gasteiger partial charge is 0.0130 e. The van der Waals surface area contributed by atoms with Gasteiger partial charge in [-0.25, -0.2) is 0 Å². The largest absolute Gasteiger partial charge is 0.0918 e. The van der Waals surface area contributed by atoms with Gasteiger partial charge in [-0.2, -0.15) is 0 Å². The van der Waals surface area contributed by atoms with E-state index in [2.05, 4.69) is 37.0 Å². The topological polar surface area (TPSA) is 0 Å². The van der Waals surface area contributed by atoms with Crippen molar-refractivity contribution in [3.63, 3.8) is 0 Å². The summed E-state index contributed by atoms with van der Waals surface area (Å²) in [6, 6.07) is 0. The van der Waals surface area contributed by atoms with Crippen LogP contribution in [-0.4, -0.2) is 0 Å². The van der Waals surface area contributed by atoms with Gasteiger partial charge in [-0.3, -0.25) is 0 Å². The van der Waals surface area contributed by atoms with Crippen molar-refractivity contribution in [1.29, 1.82) is 0 Å². The predicted molar refractivity (Wildman–Crippen MR) is 57.4 cm³/mol. The molecule has 0 amide bonds. The van der Waals surface area contributed by atoms with E-state index in [0.29, 0.717) is 0 Å². The molecule has 2 aliphatic rings. The Hall–Kier alpha value is -1.30. The average molecular weight is 170 g/mol. The molecule has 0 saturated carbocycles. The fourth-order valence-electron chi connectivity index (χ4n) is 1.61. The Bertz CT molecular complexity index is 335. The highest BCUT2D eigenvalue weighted by atomic mass is 14.2. The average Bonchev–Trinajstić information content (AvgIpc) is 2.08. The summed E-state index contributed by atoms with van der Waals surface area (Å²) < 4.78 is 0. The molecule has 0 heterocycles. The van der Waals surface area contributed by atoms with Gasteiger partial charge < -0.3 is 0 Å². The van der Waals surface area contributed by atoms with Crippen LogP contribution >= 0.6 is 0 Å². The lowest BCUT2D eigenvalue weighted by atomic mass is 9.85. The molecule has 0 saturated heterocycles. The maximum atomic E-state index is 3.94. The zero-order chi connectivity index (χ0) is 9.10. The molecule has 0 aliphatic heterocycles. The Kier molecular flexibility index (Phi) is 2.31. The van der Waals surface area contributed by atoms with Crippen LogP contribution in [0.25, 0.3) is 0 Å². The highest BCUT2D eigenvalue weighted by Crippen LogP contribution is 2.32. The van der Waals surface area contributed by atoms with E-state index in [9.17, 15) is 0 Å². The minimum Gasteiger partial charge on any atom is -0.0918 e. The SMILES string of the molecule is C=C1C=CC2=C(C/C=C\C=C/1)CC2. The predicted octanol–water partition coefficient (Wildman–Crippen LogP) is 3.71. The minimum atomic E-state index is 1.07. The highest BCUT2D eigenvalue weighted by molar-refractivity contribution is 5.41. The summed E-state index contributed by atoms with van der Waals surface area (Å²) in [5.41, 5.74) is 4.18. The molecule has 0 radical (unpaired) electrons. The first-order valence-corrected chi connectivity index (χ1v) is 4.77. The van der Waals surface area contributed by atoms with Crippen molar-refractivity contribution in [2.45, 2.75) is 19.3 Å². The fraction of sp³-hybridized carbons (Fsp3) is 0.231. The molecule has 0 aromatic carbocycles. The Morgan fingerprint density at radius 3 is 2.69 bits per heavy atom. The van der Waals surface area contributed by atoms with Gasteiger partial charge in [0, 0.05) is 0 Å². The first-order chi connectivity index (χ1) is 6.36. The highest BCUT2D eigenvalue weighted by Gasteiger charge is 2.12. The number of hydrogen-bond donors (Lipinski definition) is 0. The molecular formula is C13H14. The molecule has 0 spiro atoms. The second-order valence-corrected chi connectivity index (χ2v) is 3.53. The number of allylic oxidation sites excluding steroid dienone is 9. The van der Waals surface area contributed by atoms with Gasteiger partial charge in [-0.05, 0) is 30.4 Å². The Balaban J connectivity index is 2.24. The van der Waals surface area contributed by atoms with Gasteiger partial charge in [0.05, 0.1) is 0 Å². The minimum absolute atomic E-state index is 1.07. The lowest BCUT2D eigenvalue weighted by molar-refractivity contribution is 0.797. The van der Waals surface area contributed by atoms with Gasteiger partial charge in [-0.1, -0.05) is 48.6 Å². The van der Waals surface area contributed by atoms with Gasteiger partial charge in [0.1, 0.15) is 0 Å². The summed E-state index contributed by atoms with van der Waals surface area (Å²) in [6.45, 7) is 3.94. The zero-order valence-corrected chi connectivity index (χ0v) is 7.79. The van der Waals surface area contributed by atoms with E-state index in [1.165, 1.54) is 18.4 Å². The lowest BCUT2D eigenvalue weighted by Crippen LogP contribution is -2.01. The van der Waals surface area contributed by atoms with E-state index in [1.807, 2.05) is 6.08 Å². The monoisotopic (exact) mass is 170 g/mol. The van der Waals surface area contributed by atoms with Crippen LogP contribution in [0.4, 0.5) is 0 Å². The van der Waals surface area contributed by atoms with E-state index in [-0.39, 0.29) is 0 Å². The molecule has 0 atom stereocenters. The molecule has 0 N–H and O–H groups in total. The van der Waals surface area contributed by atoms with Crippen LogP contribution in [0.1, 0.15) is 19.3 Å². The molecule has 0 heteroatoms. The Morgan fingerprint density at radius 1 is 1.00 bits per heavy atom. The third-order valence-corrected chi connectivity index (χ3v) is 2.57. The molecule has 0 aromatic rings. The van der Waals surface area contributed by atoms with Crippen LogP contribution in [0.15, 0.2) is 59.8 Å². The normalized spacial score (nSPS) is 26.3. The second-order valence-electron chi connectivity index (χ2n) is 3.53. The summed E-state index contributed by atoms with van der Waals surface area (Å²) in [7, 11) is 0. The molecule has 0 nitrogen and oxygen atoms in total. The molecule has 0 aromatic heterocycles. The molecule has 0 bridgehead atoms. The van der Waals surface area contributed by atoms with Crippen LogP contribution in [0.5, 0.6) is 0 Å². The van der Waals surface area contributed by atoms with Gasteiger partial charge >= 0.3 is 0 Å². The zero-order valence-electron chi connectivity index (χ0n) is 7.79. The molecule has 2 rings (SSSR count). The van der Waals surface area contributed by atoms with Crippen molar-refractivity contribution in [1.82, 2.24) is 0 Å². The van der Waals surface area contributed by atoms with E-state index in [0.717, 1.165) is 12.0 Å². The fourth-order valence-corrected chi connectivity index (χ4v) is 1.61. The molecule has 0 unspecified atom stereocenters. The van der Waals surface area contributed by atoms with E-state index in [4.69, 9.17) is 0 Å². The van der Waals surface area contributed by atoms with Gasteiger partial charge in [0.15, 0.2) is 0 Å². The Morgan fingerprint density at radius 2 is 1.92 bits per heavy atom. The van der Waals surface area contributed by atoms with Crippen molar-refractivity contribution in [2.24, 2.45) is 0 Å². The van der Waals surface area contributed by atoms with Gasteiger partial charge in [0.25, 0.3) is 0 Å². The molecular weight excluding hydrogens is 156 g/mol. The van der Waals surface area contributed by atoms with Crippen LogP contribution < -0.4 is 0 Å². The molecule has 13 heavy (non-hydrogen) atoms. The quantitative estimate of drug-likeness (QED) is 0.520. The summed E-state index contributed by atoms with van der Waals surface area (Å²) in [6.07, 6.45) is 16.4. The Labute approximate surface area is 79.7 Å². The van der Waals surface area contributed by atoms with Crippen LogP contribution in [0.2, 0.25) is 0 Å². The van der Waals surface area contributed by atoms with Gasteiger partial charge in [-0.15, -0.1) is 0 Å². The van der Waals surface area contributed by atoms with Crippen molar-refractivity contribution >= 4 is 0 Å². The van der Waals surface area contributed by atoms with Crippen molar-refractivity contribution in [3.05, 3.63) is 59.8 Å². The third kappa shape index (κ3) is 1.89. The van der Waals surface area contributed by atoms with E-state index >= 15 is 0 Å². The number of rotatable bonds is 0. The third-order valence-electron chi connectivity index (χ3n) is 2.57. The van der Waals surface area contributed by atoms with Crippen molar-refractivity contribution < 1.29 is 0 Å². The van der Waals surface area contributed by atoms with Crippen LogP contribution in [0.3, 0.4) is 0 Å².